The van der Waals surface area contributed by atoms with Gasteiger partial charge in [-0.3, -0.25) is 4.79 Å². The summed E-state index contributed by atoms with van der Waals surface area (Å²) in [6, 6.07) is 18.0. The van der Waals surface area contributed by atoms with Gasteiger partial charge < -0.3 is 15.3 Å². The second-order valence-electron chi connectivity index (χ2n) is 5.43. The highest BCUT2D eigenvalue weighted by molar-refractivity contribution is 5.64. The monoisotopic (exact) mass is 302 g/mol. The van der Waals surface area contributed by atoms with Crippen molar-refractivity contribution in [1.29, 1.82) is 0 Å². The molecule has 4 heteroatoms. The van der Waals surface area contributed by atoms with E-state index in [1.807, 2.05) is 24.3 Å². The third-order valence-electron chi connectivity index (χ3n) is 3.29. The Balaban J connectivity index is 0.000000220. The van der Waals surface area contributed by atoms with Crippen LogP contribution in [0.5, 0.6) is 0 Å². The molecule has 0 heterocycles. The van der Waals surface area contributed by atoms with Gasteiger partial charge in [-0.25, -0.2) is 0 Å². The maximum Gasteiger partial charge on any atom is 0.155 e. The number of aliphatic hydroxyl groups excluding tert-OH is 1. The Kier molecular flexibility index (Phi) is 6.43. The Hall–Kier alpha value is -2.01. The number of carbonyl (C=O) groups is 1. The van der Waals surface area contributed by atoms with Gasteiger partial charge in [0.15, 0.2) is 6.29 Å². The van der Waals surface area contributed by atoms with Gasteiger partial charge in [0.2, 0.25) is 0 Å². The summed E-state index contributed by atoms with van der Waals surface area (Å²) in [7, 11) is 0. The lowest BCUT2D eigenvalue weighted by Crippen LogP contribution is -2.25. The Labute approximate surface area is 130 Å². The average Bonchev–Trinajstić information content (AvgIpc) is 2.57. The van der Waals surface area contributed by atoms with E-state index >= 15 is 0 Å². The van der Waals surface area contributed by atoms with Gasteiger partial charge in [0.05, 0.1) is 6.61 Å². The van der Waals surface area contributed by atoms with Crippen LogP contribution in [0.3, 0.4) is 0 Å². The number of aldehydes is 1. The summed E-state index contributed by atoms with van der Waals surface area (Å²) in [5.74, 6) is 0. The zero-order valence-corrected chi connectivity index (χ0v) is 12.8. The molecule has 2 aromatic carbocycles. The van der Waals surface area contributed by atoms with Crippen molar-refractivity contribution in [2.45, 2.75) is 25.0 Å². The zero-order chi connectivity index (χ0) is 16.6. The quantitative estimate of drug-likeness (QED) is 0.755. The molecule has 0 saturated heterocycles. The fourth-order valence-corrected chi connectivity index (χ4v) is 1.73. The van der Waals surface area contributed by atoms with Crippen molar-refractivity contribution in [3.05, 3.63) is 71.8 Å². The molecule has 2 atom stereocenters. The van der Waals surface area contributed by atoms with Crippen LogP contribution >= 0.6 is 0 Å². The standard InChI is InChI=1S/C9H12O2.C9H10O2/c2*1-9(11,7-10)8-5-3-2-4-6-8/h2-6,10-11H,7H2,1H3;2-7,11H,1H3. The second-order valence-corrected chi connectivity index (χ2v) is 5.43. The molecule has 0 fully saturated rings. The molecule has 118 valence electrons. The van der Waals surface area contributed by atoms with Crippen LogP contribution < -0.4 is 0 Å². The smallest absolute Gasteiger partial charge is 0.155 e. The van der Waals surface area contributed by atoms with E-state index in [9.17, 15) is 15.0 Å². The number of hydrogen-bond acceptors (Lipinski definition) is 4. The van der Waals surface area contributed by atoms with E-state index in [0.717, 1.165) is 5.56 Å². The molecular formula is C18H22O4. The average molecular weight is 302 g/mol. The molecule has 2 unspecified atom stereocenters. The largest absolute Gasteiger partial charge is 0.393 e. The first-order valence-electron chi connectivity index (χ1n) is 6.96. The van der Waals surface area contributed by atoms with E-state index in [0.29, 0.717) is 11.8 Å². The second kappa shape index (κ2) is 7.84. The maximum atomic E-state index is 10.4. The highest BCUT2D eigenvalue weighted by atomic mass is 16.3. The summed E-state index contributed by atoms with van der Waals surface area (Å²) < 4.78 is 0. The van der Waals surface area contributed by atoms with E-state index in [4.69, 9.17) is 5.11 Å². The molecule has 0 bridgehead atoms. The van der Waals surface area contributed by atoms with Crippen molar-refractivity contribution < 1.29 is 20.1 Å². The van der Waals surface area contributed by atoms with Crippen molar-refractivity contribution >= 4 is 6.29 Å². The third-order valence-corrected chi connectivity index (χ3v) is 3.29. The van der Waals surface area contributed by atoms with E-state index < -0.39 is 11.2 Å². The highest BCUT2D eigenvalue weighted by Gasteiger charge is 2.21. The molecule has 0 spiro atoms. The van der Waals surface area contributed by atoms with Crippen molar-refractivity contribution in [2.24, 2.45) is 0 Å². The van der Waals surface area contributed by atoms with Crippen LogP contribution in [-0.4, -0.2) is 28.2 Å². The van der Waals surface area contributed by atoms with Crippen molar-refractivity contribution in [3.63, 3.8) is 0 Å². The topological polar surface area (TPSA) is 77.8 Å². The van der Waals surface area contributed by atoms with Gasteiger partial charge in [-0.2, -0.15) is 0 Å². The summed E-state index contributed by atoms with van der Waals surface area (Å²) in [5, 5.41) is 27.8. The van der Waals surface area contributed by atoms with E-state index in [1.54, 1.807) is 43.3 Å². The summed E-state index contributed by atoms with van der Waals surface area (Å²) >= 11 is 0. The minimum Gasteiger partial charge on any atom is -0.393 e. The Morgan fingerprint density at radius 3 is 1.64 bits per heavy atom. The molecule has 2 rings (SSSR count). The molecule has 0 radical (unpaired) electrons. The van der Waals surface area contributed by atoms with Crippen LogP contribution in [0, 0.1) is 0 Å². The summed E-state index contributed by atoms with van der Waals surface area (Å²) in [6.45, 7) is 2.80. The van der Waals surface area contributed by atoms with E-state index in [-0.39, 0.29) is 6.61 Å². The van der Waals surface area contributed by atoms with E-state index in [1.165, 1.54) is 6.92 Å². The highest BCUT2D eigenvalue weighted by Crippen LogP contribution is 2.18. The predicted molar refractivity (Wildman–Crippen MR) is 85.2 cm³/mol. The van der Waals surface area contributed by atoms with Crippen molar-refractivity contribution in [2.75, 3.05) is 6.61 Å². The fraction of sp³-hybridized carbons (Fsp3) is 0.278. The first-order chi connectivity index (χ1) is 10.3. The predicted octanol–water partition coefficient (Wildman–Crippen LogP) is 1.98. The summed E-state index contributed by atoms with van der Waals surface area (Å²) in [6.07, 6.45) is 0.530. The molecule has 0 aromatic heterocycles. The zero-order valence-electron chi connectivity index (χ0n) is 12.8. The van der Waals surface area contributed by atoms with Gasteiger partial charge in [-0.1, -0.05) is 60.7 Å². The minimum atomic E-state index is -1.35. The van der Waals surface area contributed by atoms with Crippen molar-refractivity contribution in [3.8, 4) is 0 Å². The van der Waals surface area contributed by atoms with Gasteiger partial charge in [-0.05, 0) is 25.0 Å². The first kappa shape index (κ1) is 18.0. The number of carbonyl (C=O) groups excluding carboxylic acids is 1. The molecule has 0 aliphatic rings. The van der Waals surface area contributed by atoms with Crippen LogP contribution in [0.2, 0.25) is 0 Å². The number of aliphatic hydroxyl groups is 3. The lowest BCUT2D eigenvalue weighted by atomic mass is 9.97. The molecule has 2 aromatic rings. The summed E-state index contributed by atoms with van der Waals surface area (Å²) in [5.41, 5.74) is -1.10. The molecule has 4 nitrogen and oxygen atoms in total. The third kappa shape index (κ3) is 5.07. The molecule has 0 aliphatic heterocycles. The molecule has 22 heavy (non-hydrogen) atoms. The first-order valence-corrected chi connectivity index (χ1v) is 6.96. The van der Waals surface area contributed by atoms with Crippen LogP contribution in [0.4, 0.5) is 0 Å². The van der Waals surface area contributed by atoms with Crippen molar-refractivity contribution in [1.82, 2.24) is 0 Å². The van der Waals surface area contributed by atoms with Crippen LogP contribution in [-0.2, 0) is 16.0 Å². The Bertz CT molecular complexity index is 562. The van der Waals surface area contributed by atoms with Crippen LogP contribution in [0.15, 0.2) is 60.7 Å². The molecular weight excluding hydrogens is 280 g/mol. The maximum absolute atomic E-state index is 10.4. The van der Waals surface area contributed by atoms with E-state index in [2.05, 4.69) is 0 Å². The van der Waals surface area contributed by atoms with Crippen LogP contribution in [0.25, 0.3) is 0 Å². The molecule has 0 amide bonds. The molecule has 0 aliphatic carbocycles. The van der Waals surface area contributed by atoms with Gasteiger partial charge in [0.25, 0.3) is 0 Å². The Morgan fingerprint density at radius 1 is 0.864 bits per heavy atom. The lowest BCUT2D eigenvalue weighted by Gasteiger charge is -2.20. The number of hydrogen-bond donors (Lipinski definition) is 3. The summed E-state index contributed by atoms with van der Waals surface area (Å²) in [4.78, 5) is 10.4. The number of rotatable bonds is 4. The normalized spacial score (nSPS) is 15.7. The van der Waals surface area contributed by atoms with Gasteiger partial charge in [-0.15, -0.1) is 0 Å². The molecule has 3 N–H and O–H groups in total. The minimum absolute atomic E-state index is 0.253. The fourth-order valence-electron chi connectivity index (χ4n) is 1.73. The lowest BCUT2D eigenvalue weighted by molar-refractivity contribution is -0.123. The van der Waals surface area contributed by atoms with Gasteiger partial charge in [0, 0.05) is 0 Å². The van der Waals surface area contributed by atoms with Crippen LogP contribution in [0.1, 0.15) is 25.0 Å². The molecule has 0 saturated carbocycles. The Morgan fingerprint density at radius 2 is 1.27 bits per heavy atom. The van der Waals surface area contributed by atoms with Gasteiger partial charge in [0.1, 0.15) is 11.2 Å². The number of benzene rings is 2. The SMILES string of the molecule is CC(O)(C=O)c1ccccc1.CC(O)(CO)c1ccccc1. The van der Waals surface area contributed by atoms with Gasteiger partial charge >= 0.3 is 0 Å².